The Bertz CT molecular complexity index is 1210. The summed E-state index contributed by atoms with van der Waals surface area (Å²) in [5, 5.41) is 3.88. The number of benzene rings is 1. The minimum absolute atomic E-state index is 0.0181. The van der Waals surface area contributed by atoms with Gasteiger partial charge in [0.25, 0.3) is 5.89 Å². The van der Waals surface area contributed by atoms with E-state index in [1.165, 1.54) is 6.07 Å². The van der Waals surface area contributed by atoms with Crippen molar-refractivity contribution in [3.63, 3.8) is 0 Å². The number of ether oxygens (including phenoxy) is 2. The van der Waals surface area contributed by atoms with Crippen molar-refractivity contribution < 1.29 is 35.6 Å². The Morgan fingerprint density at radius 3 is 2.56 bits per heavy atom. The molecule has 3 heterocycles. The lowest BCUT2D eigenvalue weighted by atomic mass is 10.2. The molecule has 0 saturated carbocycles. The summed E-state index contributed by atoms with van der Waals surface area (Å²) in [5.74, 6) is -0.0845. The highest BCUT2D eigenvalue weighted by Crippen LogP contribution is 2.30. The molecular weight excluding hydrogens is 453 g/mol. The van der Waals surface area contributed by atoms with E-state index in [4.69, 9.17) is 15.0 Å². The number of halogens is 3. The molecule has 2 N–H and O–H groups in total. The van der Waals surface area contributed by atoms with Crippen LogP contribution < -0.4 is 10.5 Å². The Morgan fingerprint density at radius 2 is 1.94 bits per heavy atom. The molecule has 0 bridgehead atoms. The maximum atomic E-state index is 12.8. The molecule has 0 amide bonds. The van der Waals surface area contributed by atoms with E-state index in [1.54, 1.807) is 0 Å². The van der Waals surface area contributed by atoms with Crippen LogP contribution in [0.3, 0.4) is 0 Å². The highest BCUT2D eigenvalue weighted by Gasteiger charge is 2.31. The van der Waals surface area contributed by atoms with Crippen LogP contribution in [0.15, 0.2) is 50.8 Å². The first-order chi connectivity index (χ1) is 15.1. The Morgan fingerprint density at radius 1 is 1.19 bits per heavy atom. The van der Waals surface area contributed by atoms with Gasteiger partial charge in [0.15, 0.2) is 11.5 Å². The normalized spacial score (nSPS) is 16.9. The van der Waals surface area contributed by atoms with Crippen LogP contribution in [0.4, 0.5) is 18.9 Å². The molecule has 0 radical (unpaired) electrons. The van der Waals surface area contributed by atoms with Gasteiger partial charge >= 0.3 is 6.36 Å². The number of rotatable bonds is 6. The molecule has 1 unspecified atom stereocenters. The summed E-state index contributed by atoms with van der Waals surface area (Å²) < 4.78 is 76.9. The van der Waals surface area contributed by atoms with Gasteiger partial charge in [-0.2, -0.15) is 4.98 Å². The van der Waals surface area contributed by atoms with E-state index >= 15 is 0 Å². The van der Waals surface area contributed by atoms with Gasteiger partial charge in [0.1, 0.15) is 5.75 Å². The molecule has 13 heteroatoms. The fraction of sp³-hybridized carbons (Fsp3) is 0.316. The molecule has 1 atom stereocenters. The Labute approximate surface area is 180 Å². The lowest BCUT2D eigenvalue weighted by Gasteiger charge is -2.10. The van der Waals surface area contributed by atoms with Gasteiger partial charge in [0.05, 0.1) is 21.6 Å². The number of hydrogen-bond acceptors (Lipinski definition) is 9. The summed E-state index contributed by atoms with van der Waals surface area (Å²) in [5.41, 5.74) is 6.07. The highest BCUT2D eigenvalue weighted by molar-refractivity contribution is 7.91. The number of alkyl halides is 3. The fourth-order valence-electron chi connectivity index (χ4n) is 3.19. The van der Waals surface area contributed by atoms with E-state index in [-0.39, 0.29) is 33.2 Å². The van der Waals surface area contributed by atoms with Crippen molar-refractivity contribution in [1.82, 2.24) is 15.1 Å². The zero-order chi connectivity index (χ0) is 22.9. The van der Waals surface area contributed by atoms with Crippen molar-refractivity contribution in [2.45, 2.75) is 41.5 Å². The monoisotopic (exact) mass is 470 g/mol. The van der Waals surface area contributed by atoms with Crippen LogP contribution in [0.25, 0.3) is 11.6 Å². The molecule has 1 saturated heterocycles. The maximum Gasteiger partial charge on any atom is 0.573 e. The number of sulfone groups is 1. The van der Waals surface area contributed by atoms with Crippen LogP contribution in [0, 0.1) is 0 Å². The van der Waals surface area contributed by atoms with Crippen molar-refractivity contribution in [3.05, 3.63) is 42.4 Å². The molecule has 170 valence electrons. The van der Waals surface area contributed by atoms with Gasteiger partial charge in [-0.15, -0.1) is 13.2 Å². The summed E-state index contributed by atoms with van der Waals surface area (Å²) in [6, 6.07) is 4.96. The van der Waals surface area contributed by atoms with E-state index in [0.29, 0.717) is 18.9 Å². The molecule has 1 fully saturated rings. The van der Waals surface area contributed by atoms with Crippen LogP contribution in [-0.4, -0.2) is 42.6 Å². The van der Waals surface area contributed by atoms with Crippen molar-refractivity contribution in [3.8, 4) is 17.3 Å². The summed E-state index contributed by atoms with van der Waals surface area (Å²) in [7, 11) is -4.09. The van der Waals surface area contributed by atoms with Crippen LogP contribution >= 0.6 is 0 Å². The number of nitrogens with zero attached hydrogens (tertiary/aromatic N) is 3. The van der Waals surface area contributed by atoms with E-state index < -0.39 is 21.9 Å². The summed E-state index contributed by atoms with van der Waals surface area (Å²) in [6.45, 7) is 0.692. The van der Waals surface area contributed by atoms with Gasteiger partial charge in [-0.05, 0) is 43.2 Å². The number of anilines is 1. The van der Waals surface area contributed by atoms with Crippen LogP contribution in [-0.2, 0) is 21.0 Å². The summed E-state index contributed by atoms with van der Waals surface area (Å²) in [6.07, 6.45) is -1.45. The second-order valence-electron chi connectivity index (χ2n) is 6.99. The number of nitrogens with two attached hydrogens (primary N) is 1. The van der Waals surface area contributed by atoms with Gasteiger partial charge in [0, 0.05) is 19.2 Å². The minimum Gasteiger partial charge on any atom is -0.406 e. The van der Waals surface area contributed by atoms with Crippen molar-refractivity contribution >= 4 is 15.5 Å². The molecule has 1 aliphatic heterocycles. The van der Waals surface area contributed by atoms with Gasteiger partial charge in [-0.1, -0.05) is 5.16 Å². The minimum atomic E-state index is -4.88. The third-order valence-corrected chi connectivity index (χ3v) is 6.41. The SMILES string of the molecule is Nc1cc(S(=O)(=O)c2ccc(OC(F)(F)F)cc2)cnc1-c1nc(CC2CCCO2)no1. The van der Waals surface area contributed by atoms with Gasteiger partial charge in [0.2, 0.25) is 9.84 Å². The number of aromatic nitrogens is 3. The van der Waals surface area contributed by atoms with Crippen molar-refractivity contribution in [2.75, 3.05) is 12.3 Å². The molecule has 0 aliphatic carbocycles. The first kappa shape index (κ1) is 22.0. The molecule has 32 heavy (non-hydrogen) atoms. The lowest BCUT2D eigenvalue weighted by molar-refractivity contribution is -0.274. The summed E-state index contributed by atoms with van der Waals surface area (Å²) >= 11 is 0. The zero-order valence-electron chi connectivity index (χ0n) is 16.4. The molecule has 2 aromatic heterocycles. The van der Waals surface area contributed by atoms with Crippen LogP contribution in [0.5, 0.6) is 5.75 Å². The van der Waals surface area contributed by atoms with Crippen LogP contribution in [0.2, 0.25) is 0 Å². The number of nitrogen functional groups attached to an aromatic ring is 1. The predicted octanol–water partition coefficient (Wildman–Crippen LogP) is 3.17. The Kier molecular flexibility index (Phi) is 5.77. The molecular formula is C19H17F3N4O5S. The fourth-order valence-corrected chi connectivity index (χ4v) is 4.43. The first-order valence-corrected chi connectivity index (χ1v) is 10.9. The topological polar surface area (TPSA) is 130 Å². The van der Waals surface area contributed by atoms with E-state index in [1.807, 2.05) is 0 Å². The van der Waals surface area contributed by atoms with E-state index in [0.717, 1.165) is 43.3 Å². The lowest BCUT2D eigenvalue weighted by Crippen LogP contribution is -2.17. The van der Waals surface area contributed by atoms with Crippen LogP contribution in [0.1, 0.15) is 18.7 Å². The van der Waals surface area contributed by atoms with E-state index in [2.05, 4.69) is 19.9 Å². The number of pyridine rings is 1. The first-order valence-electron chi connectivity index (χ1n) is 9.43. The molecule has 4 rings (SSSR count). The number of hydrogen-bond donors (Lipinski definition) is 1. The second-order valence-corrected chi connectivity index (χ2v) is 8.94. The standard InChI is InChI=1S/C19H17F3N4O5S/c20-19(21,22)30-11-3-5-13(6-4-11)32(27,28)14-9-15(23)17(24-10-14)18-25-16(26-31-18)8-12-2-1-7-29-12/h3-6,9-10,12H,1-2,7-8,23H2. The quantitative estimate of drug-likeness (QED) is 0.577. The van der Waals surface area contributed by atoms with Gasteiger partial charge in [-0.25, -0.2) is 13.4 Å². The Balaban J connectivity index is 1.54. The smallest absolute Gasteiger partial charge is 0.406 e. The Hall–Kier alpha value is -3.19. The molecule has 0 spiro atoms. The third-order valence-electron chi connectivity index (χ3n) is 4.67. The molecule has 1 aliphatic rings. The van der Waals surface area contributed by atoms with Crippen molar-refractivity contribution in [2.24, 2.45) is 0 Å². The van der Waals surface area contributed by atoms with Crippen molar-refractivity contribution in [1.29, 1.82) is 0 Å². The van der Waals surface area contributed by atoms with Gasteiger partial charge < -0.3 is 19.7 Å². The average Bonchev–Trinajstić information content (AvgIpc) is 3.40. The zero-order valence-corrected chi connectivity index (χ0v) is 17.2. The highest BCUT2D eigenvalue weighted by atomic mass is 32.2. The molecule has 9 nitrogen and oxygen atoms in total. The van der Waals surface area contributed by atoms with Gasteiger partial charge in [-0.3, -0.25) is 0 Å². The average molecular weight is 470 g/mol. The summed E-state index contributed by atoms with van der Waals surface area (Å²) in [4.78, 5) is 7.78. The molecule has 3 aromatic rings. The predicted molar refractivity (Wildman–Crippen MR) is 103 cm³/mol. The second kappa shape index (κ2) is 8.39. The molecule has 1 aromatic carbocycles. The third kappa shape index (κ3) is 4.83. The maximum absolute atomic E-state index is 12.8. The largest absolute Gasteiger partial charge is 0.573 e. The van der Waals surface area contributed by atoms with E-state index in [9.17, 15) is 21.6 Å².